The van der Waals surface area contributed by atoms with E-state index in [0.29, 0.717) is 34.2 Å². The molecule has 0 radical (unpaired) electrons. The number of carboxylic acids is 1. The van der Waals surface area contributed by atoms with Crippen molar-refractivity contribution in [3.05, 3.63) is 65.2 Å². The first-order valence-electron chi connectivity index (χ1n) is 9.41. The van der Waals surface area contributed by atoms with Gasteiger partial charge in [0.05, 0.1) is 17.5 Å². The molecule has 31 heavy (non-hydrogen) atoms. The quantitative estimate of drug-likeness (QED) is 0.434. The van der Waals surface area contributed by atoms with Crippen LogP contribution in [-0.2, 0) is 0 Å². The van der Waals surface area contributed by atoms with Crippen LogP contribution in [0, 0.1) is 0 Å². The molecule has 152 valence electrons. The number of imidazole rings is 2. The van der Waals surface area contributed by atoms with E-state index in [2.05, 4.69) is 15.0 Å². The number of ether oxygens (including phenoxy) is 2. The molecular formula is C22H14N4O4S. The molecule has 8 nitrogen and oxygen atoms in total. The number of fused-ring (bicyclic) bond motifs is 2. The second kappa shape index (κ2) is 6.71. The fourth-order valence-electron chi connectivity index (χ4n) is 3.73. The van der Waals surface area contributed by atoms with Gasteiger partial charge in [-0.05, 0) is 41.8 Å². The first-order chi connectivity index (χ1) is 15.2. The van der Waals surface area contributed by atoms with Crippen molar-refractivity contribution < 1.29 is 19.4 Å². The Labute approximate surface area is 179 Å². The molecule has 9 heteroatoms. The number of benzene rings is 1. The van der Waals surface area contributed by atoms with E-state index in [9.17, 15) is 9.90 Å². The number of aromatic carboxylic acids is 1. The SMILES string of the molecule is O=C(O)c1c(-c2ccsc2)nc2c(-c3ncc(-c4ccc5c(c4)OCO5)[nH]3)cccn12. The van der Waals surface area contributed by atoms with Crippen LogP contribution in [0.2, 0.25) is 0 Å². The van der Waals surface area contributed by atoms with Crippen molar-refractivity contribution in [2.75, 3.05) is 6.79 Å². The highest BCUT2D eigenvalue weighted by atomic mass is 32.1. The van der Waals surface area contributed by atoms with E-state index in [1.54, 1.807) is 22.9 Å². The van der Waals surface area contributed by atoms with E-state index in [-0.39, 0.29) is 12.5 Å². The molecule has 6 rings (SSSR count). The maximum Gasteiger partial charge on any atom is 0.355 e. The van der Waals surface area contributed by atoms with Crippen molar-refractivity contribution in [3.63, 3.8) is 0 Å². The lowest BCUT2D eigenvalue weighted by Crippen LogP contribution is -2.03. The van der Waals surface area contributed by atoms with Gasteiger partial charge in [0, 0.05) is 22.7 Å². The molecule has 0 amide bonds. The van der Waals surface area contributed by atoms with Crippen molar-refractivity contribution in [3.8, 4) is 45.4 Å². The number of pyridine rings is 1. The molecule has 1 aromatic carbocycles. The van der Waals surface area contributed by atoms with Crippen LogP contribution in [-0.4, -0.2) is 37.2 Å². The number of thiophene rings is 1. The van der Waals surface area contributed by atoms with Crippen LogP contribution >= 0.6 is 11.3 Å². The summed E-state index contributed by atoms with van der Waals surface area (Å²) < 4.78 is 12.4. The summed E-state index contributed by atoms with van der Waals surface area (Å²) in [6.45, 7) is 0.216. The van der Waals surface area contributed by atoms with Crippen LogP contribution in [0.15, 0.2) is 59.6 Å². The predicted octanol–water partition coefficient (Wildman–Crippen LogP) is 4.55. The molecule has 0 saturated heterocycles. The van der Waals surface area contributed by atoms with Gasteiger partial charge < -0.3 is 19.6 Å². The molecule has 0 spiro atoms. The molecule has 5 heterocycles. The highest BCUT2D eigenvalue weighted by molar-refractivity contribution is 7.08. The van der Waals surface area contributed by atoms with Gasteiger partial charge in [0.2, 0.25) is 6.79 Å². The third-order valence-corrected chi connectivity index (χ3v) is 5.84. The number of nitrogens with zero attached hydrogens (tertiary/aromatic N) is 3. The van der Waals surface area contributed by atoms with E-state index in [1.807, 2.05) is 41.1 Å². The topological polar surface area (TPSA) is 102 Å². The number of hydrogen-bond donors (Lipinski definition) is 2. The molecule has 0 bridgehead atoms. The van der Waals surface area contributed by atoms with Crippen molar-refractivity contribution in [1.82, 2.24) is 19.4 Å². The number of nitrogens with one attached hydrogen (secondary N) is 1. The van der Waals surface area contributed by atoms with Gasteiger partial charge in [0.25, 0.3) is 0 Å². The van der Waals surface area contributed by atoms with Crippen molar-refractivity contribution >= 4 is 23.0 Å². The second-order valence-corrected chi connectivity index (χ2v) is 7.74. The maximum atomic E-state index is 12.0. The monoisotopic (exact) mass is 430 g/mol. The summed E-state index contributed by atoms with van der Waals surface area (Å²) >= 11 is 1.49. The number of carbonyl (C=O) groups is 1. The van der Waals surface area contributed by atoms with Crippen LogP contribution < -0.4 is 9.47 Å². The number of hydrogen-bond acceptors (Lipinski definition) is 6. The van der Waals surface area contributed by atoms with E-state index in [4.69, 9.17) is 9.47 Å². The van der Waals surface area contributed by atoms with E-state index in [0.717, 1.165) is 16.8 Å². The van der Waals surface area contributed by atoms with E-state index in [1.165, 1.54) is 11.3 Å². The highest BCUT2D eigenvalue weighted by Gasteiger charge is 2.23. The summed E-state index contributed by atoms with van der Waals surface area (Å²) in [7, 11) is 0. The molecule has 0 fully saturated rings. The van der Waals surface area contributed by atoms with E-state index < -0.39 is 5.97 Å². The largest absolute Gasteiger partial charge is 0.476 e. The minimum Gasteiger partial charge on any atom is -0.476 e. The average Bonchev–Trinajstić information content (AvgIpc) is 3.57. The lowest BCUT2D eigenvalue weighted by molar-refractivity contribution is 0.0690. The number of aromatic nitrogens is 4. The highest BCUT2D eigenvalue weighted by Crippen LogP contribution is 2.36. The zero-order valence-corrected chi connectivity index (χ0v) is 16.7. The van der Waals surface area contributed by atoms with Gasteiger partial charge in [-0.1, -0.05) is 0 Å². The lowest BCUT2D eigenvalue weighted by atomic mass is 10.1. The Morgan fingerprint density at radius 3 is 2.90 bits per heavy atom. The van der Waals surface area contributed by atoms with Crippen molar-refractivity contribution in [2.24, 2.45) is 0 Å². The van der Waals surface area contributed by atoms with Gasteiger partial charge >= 0.3 is 5.97 Å². The summed E-state index contributed by atoms with van der Waals surface area (Å²) in [4.78, 5) is 24.5. The Kier molecular flexibility index (Phi) is 3.84. The van der Waals surface area contributed by atoms with E-state index >= 15 is 0 Å². The summed E-state index contributed by atoms with van der Waals surface area (Å²) in [6, 6.07) is 11.2. The van der Waals surface area contributed by atoms with Crippen LogP contribution in [0.5, 0.6) is 11.5 Å². The third-order valence-electron chi connectivity index (χ3n) is 5.16. The zero-order valence-electron chi connectivity index (χ0n) is 15.9. The number of carboxylic acid groups (broad SMARTS) is 1. The molecule has 1 aliphatic rings. The summed E-state index contributed by atoms with van der Waals surface area (Å²) in [5, 5.41) is 13.6. The van der Waals surface area contributed by atoms with Gasteiger partial charge in [-0.2, -0.15) is 11.3 Å². The van der Waals surface area contributed by atoms with Crippen LogP contribution in [0.25, 0.3) is 39.5 Å². The molecule has 1 aliphatic heterocycles. The van der Waals surface area contributed by atoms with Gasteiger partial charge in [0.15, 0.2) is 17.2 Å². The first kappa shape index (κ1) is 17.7. The zero-order chi connectivity index (χ0) is 20.9. The fourth-order valence-corrected chi connectivity index (χ4v) is 4.37. The Morgan fingerprint density at radius 2 is 2.06 bits per heavy atom. The Morgan fingerprint density at radius 1 is 1.16 bits per heavy atom. The normalized spacial score (nSPS) is 12.5. The van der Waals surface area contributed by atoms with Gasteiger partial charge in [0.1, 0.15) is 17.2 Å². The fraction of sp³-hybridized carbons (Fsp3) is 0.0455. The van der Waals surface area contributed by atoms with Gasteiger partial charge in [-0.15, -0.1) is 0 Å². The minimum atomic E-state index is -1.04. The van der Waals surface area contributed by atoms with Crippen LogP contribution in [0.3, 0.4) is 0 Å². The smallest absolute Gasteiger partial charge is 0.355 e. The first-order valence-corrected chi connectivity index (χ1v) is 10.4. The summed E-state index contributed by atoms with van der Waals surface area (Å²) in [5.74, 6) is 0.965. The molecule has 0 aliphatic carbocycles. The molecule has 0 saturated carbocycles. The number of aromatic amines is 1. The Balaban J connectivity index is 1.49. The average molecular weight is 430 g/mol. The van der Waals surface area contributed by atoms with Crippen LogP contribution in [0.4, 0.5) is 0 Å². The Hall–Kier alpha value is -4.11. The molecular weight excluding hydrogens is 416 g/mol. The van der Waals surface area contributed by atoms with Crippen LogP contribution in [0.1, 0.15) is 10.5 Å². The number of rotatable bonds is 4. The molecule has 2 N–H and O–H groups in total. The summed E-state index contributed by atoms with van der Waals surface area (Å²) in [6.07, 6.45) is 3.43. The second-order valence-electron chi connectivity index (χ2n) is 6.96. The molecule has 4 aromatic heterocycles. The molecule has 0 atom stereocenters. The predicted molar refractivity (Wildman–Crippen MR) is 115 cm³/mol. The molecule has 0 unspecified atom stereocenters. The maximum absolute atomic E-state index is 12.0. The number of H-pyrrole nitrogens is 1. The summed E-state index contributed by atoms with van der Waals surface area (Å²) in [5.41, 5.74) is 4.27. The minimum absolute atomic E-state index is 0.123. The standard InChI is InChI=1S/C22H14N4O4S/c27-22(28)19-18(13-5-7-31-10-13)25-21-14(2-1-6-26(19)21)20-23-9-15(24-20)12-3-4-16-17(8-12)30-11-29-16/h1-10H,11H2,(H,23,24)(H,27,28). The van der Waals surface area contributed by atoms with Gasteiger partial charge in [-0.3, -0.25) is 4.40 Å². The van der Waals surface area contributed by atoms with Crippen molar-refractivity contribution in [1.29, 1.82) is 0 Å². The Bertz CT molecular complexity index is 1450. The van der Waals surface area contributed by atoms with Crippen molar-refractivity contribution in [2.45, 2.75) is 0 Å². The van der Waals surface area contributed by atoms with Gasteiger partial charge in [-0.25, -0.2) is 14.8 Å². The third kappa shape index (κ3) is 2.78. The molecule has 5 aromatic rings. The lowest BCUT2D eigenvalue weighted by Gasteiger charge is -2.03.